The summed E-state index contributed by atoms with van der Waals surface area (Å²) < 4.78 is 12.7. The van der Waals surface area contributed by atoms with Crippen LogP contribution >= 0.6 is 0 Å². The van der Waals surface area contributed by atoms with E-state index < -0.39 is 17.4 Å². The highest BCUT2D eigenvalue weighted by atomic mass is 19.1. The Morgan fingerprint density at radius 1 is 1.20 bits per heavy atom. The minimum atomic E-state index is -1.13. The second kappa shape index (κ2) is 5.86. The maximum absolute atomic E-state index is 12.7. The second-order valence-corrected chi connectivity index (χ2v) is 4.97. The molecule has 1 aromatic carbocycles. The first-order valence-electron chi connectivity index (χ1n) is 6.51. The fourth-order valence-electron chi connectivity index (χ4n) is 2.39. The number of carboxylic acid groups (broad SMARTS) is 1. The molecule has 0 bridgehead atoms. The molecule has 0 radical (unpaired) electrons. The van der Waals surface area contributed by atoms with Gasteiger partial charge in [0.2, 0.25) is 5.91 Å². The molecule has 20 heavy (non-hydrogen) atoms. The molecule has 0 saturated heterocycles. The van der Waals surface area contributed by atoms with Crippen LogP contribution in [0.25, 0.3) is 6.08 Å². The number of halogens is 1. The van der Waals surface area contributed by atoms with Gasteiger partial charge in [-0.2, -0.15) is 0 Å². The number of aliphatic carboxylic acids is 1. The maximum atomic E-state index is 12.7. The van der Waals surface area contributed by atoms with Gasteiger partial charge in [0.05, 0.1) is 0 Å². The summed E-state index contributed by atoms with van der Waals surface area (Å²) in [6, 6.07) is 5.68. The van der Waals surface area contributed by atoms with Crippen LogP contribution in [0.15, 0.2) is 30.3 Å². The first-order valence-corrected chi connectivity index (χ1v) is 6.51. The molecule has 1 fully saturated rings. The lowest BCUT2D eigenvalue weighted by molar-refractivity contribution is -0.146. The van der Waals surface area contributed by atoms with Gasteiger partial charge in [0.1, 0.15) is 11.4 Å². The summed E-state index contributed by atoms with van der Waals surface area (Å²) in [6.07, 6.45) is 5.31. The fourth-order valence-corrected chi connectivity index (χ4v) is 2.39. The van der Waals surface area contributed by atoms with E-state index in [9.17, 15) is 19.1 Å². The maximum Gasteiger partial charge on any atom is 0.329 e. The van der Waals surface area contributed by atoms with Gasteiger partial charge in [-0.05, 0) is 36.6 Å². The van der Waals surface area contributed by atoms with Crippen molar-refractivity contribution in [3.63, 3.8) is 0 Å². The lowest BCUT2D eigenvalue weighted by atomic mass is 9.98. The summed E-state index contributed by atoms with van der Waals surface area (Å²) in [5, 5.41) is 11.8. The van der Waals surface area contributed by atoms with E-state index in [0.717, 1.165) is 12.8 Å². The fraction of sp³-hybridized carbons (Fsp3) is 0.333. The highest BCUT2D eigenvalue weighted by Crippen LogP contribution is 2.29. The molecule has 5 heteroatoms. The van der Waals surface area contributed by atoms with Gasteiger partial charge in [0.25, 0.3) is 0 Å². The van der Waals surface area contributed by atoms with Crippen LogP contribution in [0.1, 0.15) is 31.2 Å². The summed E-state index contributed by atoms with van der Waals surface area (Å²) in [5.74, 6) is -1.78. The zero-order valence-corrected chi connectivity index (χ0v) is 10.9. The van der Waals surface area contributed by atoms with Crippen molar-refractivity contribution >= 4 is 18.0 Å². The molecule has 0 heterocycles. The van der Waals surface area contributed by atoms with Crippen LogP contribution in [0.5, 0.6) is 0 Å². The van der Waals surface area contributed by atoms with Crippen LogP contribution in [0, 0.1) is 5.82 Å². The molecule has 106 valence electrons. The van der Waals surface area contributed by atoms with Crippen molar-refractivity contribution in [2.24, 2.45) is 0 Å². The third kappa shape index (κ3) is 3.23. The van der Waals surface area contributed by atoms with E-state index in [2.05, 4.69) is 5.32 Å². The predicted octanol–water partition coefficient (Wildman–Crippen LogP) is 2.35. The second-order valence-electron chi connectivity index (χ2n) is 4.97. The lowest BCUT2D eigenvalue weighted by Crippen LogP contribution is -2.52. The lowest BCUT2D eigenvalue weighted by Gasteiger charge is -2.24. The van der Waals surface area contributed by atoms with Crippen LogP contribution in [0.2, 0.25) is 0 Å². The Morgan fingerprint density at radius 3 is 2.35 bits per heavy atom. The van der Waals surface area contributed by atoms with Crippen molar-refractivity contribution in [3.8, 4) is 0 Å². The average Bonchev–Trinajstić information content (AvgIpc) is 2.88. The number of hydrogen-bond donors (Lipinski definition) is 2. The molecule has 1 amide bonds. The zero-order valence-electron chi connectivity index (χ0n) is 10.9. The van der Waals surface area contributed by atoms with Gasteiger partial charge in [0, 0.05) is 6.08 Å². The standard InChI is InChI=1S/C15H16FNO3/c16-12-6-3-11(4-7-12)5-8-13(18)17-15(14(19)20)9-1-2-10-15/h3-8H,1-2,9-10H2,(H,17,18)(H,19,20)/b8-5+. The molecule has 0 spiro atoms. The van der Waals surface area contributed by atoms with Crippen molar-refractivity contribution in [2.45, 2.75) is 31.2 Å². The number of amides is 1. The summed E-state index contributed by atoms with van der Waals surface area (Å²) in [5.41, 5.74) is -0.457. The van der Waals surface area contributed by atoms with Crippen molar-refractivity contribution in [1.82, 2.24) is 5.32 Å². The first kappa shape index (κ1) is 14.2. The smallest absolute Gasteiger partial charge is 0.329 e. The van der Waals surface area contributed by atoms with Gasteiger partial charge >= 0.3 is 5.97 Å². The quantitative estimate of drug-likeness (QED) is 0.830. The first-order chi connectivity index (χ1) is 9.52. The van der Waals surface area contributed by atoms with Crippen LogP contribution in [-0.2, 0) is 9.59 Å². The number of carbonyl (C=O) groups excluding carboxylic acids is 1. The minimum Gasteiger partial charge on any atom is -0.480 e. The molecule has 0 unspecified atom stereocenters. The Hall–Kier alpha value is -2.17. The van der Waals surface area contributed by atoms with Gasteiger partial charge < -0.3 is 10.4 Å². The van der Waals surface area contributed by atoms with E-state index in [-0.39, 0.29) is 5.82 Å². The predicted molar refractivity (Wildman–Crippen MR) is 72.4 cm³/mol. The SMILES string of the molecule is O=C(/C=C/c1ccc(F)cc1)NC1(C(=O)O)CCCC1. The van der Waals surface area contributed by atoms with E-state index in [1.54, 1.807) is 12.1 Å². The molecule has 0 aliphatic heterocycles. The molecule has 1 aliphatic carbocycles. The molecular weight excluding hydrogens is 261 g/mol. The van der Waals surface area contributed by atoms with E-state index >= 15 is 0 Å². The highest BCUT2D eigenvalue weighted by Gasteiger charge is 2.42. The summed E-state index contributed by atoms with van der Waals surface area (Å²) >= 11 is 0. The summed E-state index contributed by atoms with van der Waals surface area (Å²) in [7, 11) is 0. The minimum absolute atomic E-state index is 0.345. The molecule has 1 saturated carbocycles. The zero-order chi connectivity index (χ0) is 14.6. The number of benzene rings is 1. The molecule has 0 atom stereocenters. The monoisotopic (exact) mass is 277 g/mol. The Labute approximate surface area is 116 Å². The van der Waals surface area contributed by atoms with E-state index in [1.165, 1.54) is 24.3 Å². The van der Waals surface area contributed by atoms with Gasteiger partial charge in [0.15, 0.2) is 0 Å². The molecule has 0 aromatic heterocycles. The normalized spacial score (nSPS) is 17.2. The molecule has 2 N–H and O–H groups in total. The van der Waals surface area contributed by atoms with Gasteiger partial charge in [-0.1, -0.05) is 25.0 Å². The summed E-state index contributed by atoms with van der Waals surface area (Å²) in [6.45, 7) is 0. The highest BCUT2D eigenvalue weighted by molar-refractivity contribution is 5.95. The van der Waals surface area contributed by atoms with Crippen molar-refractivity contribution in [1.29, 1.82) is 0 Å². The van der Waals surface area contributed by atoms with Gasteiger partial charge in [-0.15, -0.1) is 0 Å². The number of nitrogens with one attached hydrogen (secondary N) is 1. The Morgan fingerprint density at radius 2 is 1.80 bits per heavy atom. The van der Waals surface area contributed by atoms with Crippen LogP contribution in [0.3, 0.4) is 0 Å². The van der Waals surface area contributed by atoms with E-state index in [1.807, 2.05) is 0 Å². The Balaban J connectivity index is 2.01. The van der Waals surface area contributed by atoms with Gasteiger partial charge in [-0.25, -0.2) is 9.18 Å². The van der Waals surface area contributed by atoms with Crippen molar-refractivity contribution in [2.75, 3.05) is 0 Å². The van der Waals surface area contributed by atoms with E-state index in [0.29, 0.717) is 18.4 Å². The number of hydrogen-bond acceptors (Lipinski definition) is 2. The summed E-state index contributed by atoms with van der Waals surface area (Å²) in [4.78, 5) is 23.1. The molecule has 1 aromatic rings. The third-order valence-electron chi connectivity index (χ3n) is 3.53. The molecular formula is C15H16FNO3. The van der Waals surface area contributed by atoms with Crippen molar-refractivity contribution in [3.05, 3.63) is 41.7 Å². The number of rotatable bonds is 4. The Bertz CT molecular complexity index is 531. The van der Waals surface area contributed by atoms with Crippen molar-refractivity contribution < 1.29 is 19.1 Å². The average molecular weight is 277 g/mol. The number of carbonyl (C=O) groups is 2. The third-order valence-corrected chi connectivity index (χ3v) is 3.53. The van der Waals surface area contributed by atoms with Crippen LogP contribution in [-0.4, -0.2) is 22.5 Å². The van der Waals surface area contributed by atoms with Crippen LogP contribution in [0.4, 0.5) is 4.39 Å². The molecule has 4 nitrogen and oxygen atoms in total. The topological polar surface area (TPSA) is 66.4 Å². The largest absolute Gasteiger partial charge is 0.480 e. The molecule has 2 rings (SSSR count). The van der Waals surface area contributed by atoms with Crippen LogP contribution < -0.4 is 5.32 Å². The van der Waals surface area contributed by atoms with Gasteiger partial charge in [-0.3, -0.25) is 4.79 Å². The number of carboxylic acids is 1. The Kier molecular flexibility index (Phi) is 4.17. The molecule has 1 aliphatic rings. The van der Waals surface area contributed by atoms with E-state index in [4.69, 9.17) is 0 Å².